The molecule has 7 nitrogen and oxygen atoms in total. The maximum atomic E-state index is 13.5. The Morgan fingerprint density at radius 1 is 1.04 bits per heavy atom. The highest BCUT2D eigenvalue weighted by molar-refractivity contribution is 7.89. The van der Waals surface area contributed by atoms with Gasteiger partial charge in [-0.05, 0) is 30.3 Å². The third-order valence-electron chi connectivity index (χ3n) is 3.30. The highest BCUT2D eigenvalue weighted by Crippen LogP contribution is 2.30. The number of hydrogen-bond donors (Lipinski definition) is 1. The Kier molecular flexibility index (Phi) is 4.43. The molecule has 0 aliphatic carbocycles. The largest absolute Gasteiger partial charge is 0.453 e. The molecule has 142 valence electrons. The van der Waals surface area contributed by atoms with Gasteiger partial charge in [0, 0.05) is 11.8 Å². The van der Waals surface area contributed by atoms with Crippen molar-refractivity contribution < 1.29 is 30.4 Å². The molecule has 1 aromatic carbocycles. The van der Waals surface area contributed by atoms with Gasteiger partial charge in [-0.15, -0.1) is 5.10 Å². The number of hydrogen-bond acceptors (Lipinski definition) is 5. The molecule has 0 saturated heterocycles. The van der Waals surface area contributed by atoms with Crippen LogP contribution in [0.4, 0.5) is 22.0 Å². The molecule has 0 spiro atoms. The van der Waals surface area contributed by atoms with Crippen molar-refractivity contribution in [1.29, 1.82) is 0 Å². The Morgan fingerprint density at radius 3 is 2.26 bits per heavy atom. The highest BCUT2D eigenvalue weighted by Gasteiger charge is 2.37. The molecule has 0 aliphatic rings. The molecule has 0 unspecified atom stereocenters. The van der Waals surface area contributed by atoms with Crippen molar-refractivity contribution in [2.24, 2.45) is 5.14 Å². The van der Waals surface area contributed by atoms with Gasteiger partial charge in [0.2, 0.25) is 10.0 Å². The molecule has 3 aromatic rings. The predicted molar refractivity (Wildman–Crippen MR) is 80.9 cm³/mol. The molecule has 0 aliphatic heterocycles. The van der Waals surface area contributed by atoms with Crippen molar-refractivity contribution in [2.45, 2.75) is 11.1 Å². The molecule has 0 fully saturated rings. The predicted octanol–water partition coefficient (Wildman–Crippen LogP) is 2.27. The van der Waals surface area contributed by atoms with E-state index >= 15 is 0 Å². The van der Waals surface area contributed by atoms with Crippen LogP contribution in [0.3, 0.4) is 0 Å². The minimum Gasteiger partial charge on any atom is -0.236 e. The number of rotatable bonds is 3. The second kappa shape index (κ2) is 6.35. The molecule has 0 bridgehead atoms. The summed E-state index contributed by atoms with van der Waals surface area (Å²) >= 11 is 0. The maximum absolute atomic E-state index is 13.5. The molecule has 0 atom stereocenters. The van der Waals surface area contributed by atoms with E-state index in [9.17, 15) is 30.4 Å². The zero-order valence-electron chi connectivity index (χ0n) is 12.9. The van der Waals surface area contributed by atoms with Crippen molar-refractivity contribution in [1.82, 2.24) is 19.7 Å². The first kappa shape index (κ1) is 18.8. The van der Waals surface area contributed by atoms with Crippen LogP contribution < -0.4 is 5.14 Å². The third kappa shape index (κ3) is 3.78. The number of pyridine rings is 1. The highest BCUT2D eigenvalue weighted by atomic mass is 32.2. The van der Waals surface area contributed by atoms with Gasteiger partial charge in [-0.3, -0.25) is 0 Å². The van der Waals surface area contributed by atoms with E-state index in [1.54, 1.807) is 0 Å². The molecule has 2 N–H and O–H groups in total. The SMILES string of the molecule is NS(=O)(=O)c1ccc(-n2nc(C(F)(F)F)nc2-c2ccc(F)c(F)c2)nc1. The van der Waals surface area contributed by atoms with Crippen LogP contribution >= 0.6 is 0 Å². The van der Waals surface area contributed by atoms with Gasteiger partial charge in [0.25, 0.3) is 5.82 Å². The summed E-state index contributed by atoms with van der Waals surface area (Å²) in [6.45, 7) is 0. The van der Waals surface area contributed by atoms with Gasteiger partial charge < -0.3 is 0 Å². The number of benzene rings is 1. The van der Waals surface area contributed by atoms with Crippen LogP contribution in [0.15, 0.2) is 41.4 Å². The van der Waals surface area contributed by atoms with Crippen molar-refractivity contribution in [3.05, 3.63) is 54.0 Å². The Bertz CT molecular complexity index is 1110. The zero-order chi connectivity index (χ0) is 20.0. The minimum absolute atomic E-state index is 0.200. The normalized spacial score (nSPS) is 12.4. The van der Waals surface area contributed by atoms with Crippen LogP contribution in [0.5, 0.6) is 0 Å². The van der Waals surface area contributed by atoms with Gasteiger partial charge in [-0.2, -0.15) is 17.9 Å². The second-order valence-electron chi connectivity index (χ2n) is 5.19. The van der Waals surface area contributed by atoms with Crippen LogP contribution in [-0.4, -0.2) is 28.2 Å². The number of sulfonamides is 1. The number of primary sulfonamides is 1. The number of halogens is 5. The smallest absolute Gasteiger partial charge is 0.236 e. The summed E-state index contributed by atoms with van der Waals surface area (Å²) in [6.07, 6.45) is -4.10. The fourth-order valence-corrected chi connectivity index (χ4v) is 2.54. The van der Waals surface area contributed by atoms with E-state index in [0.717, 1.165) is 24.4 Å². The molecule has 0 saturated carbocycles. The van der Waals surface area contributed by atoms with Crippen LogP contribution in [0, 0.1) is 11.6 Å². The molecular formula is C14H8F5N5O2S. The van der Waals surface area contributed by atoms with Crippen LogP contribution in [-0.2, 0) is 16.2 Å². The fraction of sp³-hybridized carbons (Fsp3) is 0.0714. The van der Waals surface area contributed by atoms with E-state index < -0.39 is 39.5 Å². The average Bonchev–Trinajstić information content (AvgIpc) is 3.02. The van der Waals surface area contributed by atoms with Gasteiger partial charge in [0.15, 0.2) is 23.3 Å². The van der Waals surface area contributed by atoms with E-state index in [1.165, 1.54) is 0 Å². The molecule has 27 heavy (non-hydrogen) atoms. The van der Waals surface area contributed by atoms with Crippen LogP contribution in [0.25, 0.3) is 17.2 Å². The van der Waals surface area contributed by atoms with Gasteiger partial charge in [0.1, 0.15) is 4.90 Å². The lowest BCUT2D eigenvalue weighted by molar-refractivity contribution is -0.144. The van der Waals surface area contributed by atoms with Gasteiger partial charge >= 0.3 is 6.18 Å². The Hall–Kier alpha value is -2.93. The van der Waals surface area contributed by atoms with Crippen molar-refractivity contribution in [2.75, 3.05) is 0 Å². The summed E-state index contributed by atoms with van der Waals surface area (Å²) in [6, 6.07) is 4.42. The summed E-state index contributed by atoms with van der Waals surface area (Å²) in [7, 11) is -4.07. The van der Waals surface area contributed by atoms with Crippen LogP contribution in [0.1, 0.15) is 5.82 Å². The first-order valence-corrected chi connectivity index (χ1v) is 8.50. The summed E-state index contributed by atoms with van der Waals surface area (Å²) < 4.78 is 88.7. The van der Waals surface area contributed by atoms with E-state index in [0.29, 0.717) is 16.8 Å². The number of nitrogens with two attached hydrogens (primary N) is 1. The third-order valence-corrected chi connectivity index (χ3v) is 4.20. The van der Waals surface area contributed by atoms with E-state index in [2.05, 4.69) is 15.1 Å². The molecular weight excluding hydrogens is 397 g/mol. The topological polar surface area (TPSA) is 104 Å². The molecule has 2 heterocycles. The van der Waals surface area contributed by atoms with Gasteiger partial charge in [0.05, 0.1) is 0 Å². The standard InChI is InChI=1S/C14H8F5N5O2S/c15-9-3-1-7(5-10(9)16)12-22-13(14(17,18)19)23-24(12)11-4-2-8(6-21-11)27(20,25)26/h1-6H,(H2,20,25,26). The maximum Gasteiger partial charge on any atom is 0.453 e. The lowest BCUT2D eigenvalue weighted by atomic mass is 10.2. The zero-order valence-corrected chi connectivity index (χ0v) is 13.8. The lowest BCUT2D eigenvalue weighted by Crippen LogP contribution is -2.13. The van der Waals surface area contributed by atoms with E-state index in [4.69, 9.17) is 5.14 Å². The van der Waals surface area contributed by atoms with Crippen molar-refractivity contribution >= 4 is 10.0 Å². The van der Waals surface area contributed by atoms with E-state index in [-0.39, 0.29) is 16.3 Å². The summed E-state index contributed by atoms with van der Waals surface area (Å²) in [5.74, 6) is -4.76. The van der Waals surface area contributed by atoms with Crippen molar-refractivity contribution in [3.8, 4) is 17.2 Å². The molecule has 0 radical (unpaired) electrons. The molecule has 2 aromatic heterocycles. The lowest BCUT2D eigenvalue weighted by Gasteiger charge is -2.06. The summed E-state index contributed by atoms with van der Waals surface area (Å²) in [5.41, 5.74) is -0.200. The number of aromatic nitrogens is 4. The number of nitrogens with zero attached hydrogens (tertiary/aromatic N) is 4. The average molecular weight is 405 g/mol. The monoisotopic (exact) mass is 405 g/mol. The molecule has 0 amide bonds. The first-order chi connectivity index (χ1) is 12.5. The Labute approximate surface area is 148 Å². The minimum atomic E-state index is -4.92. The van der Waals surface area contributed by atoms with Gasteiger partial charge in [-0.1, -0.05) is 0 Å². The fourth-order valence-electron chi connectivity index (χ4n) is 2.08. The Morgan fingerprint density at radius 2 is 1.74 bits per heavy atom. The number of alkyl halides is 3. The summed E-state index contributed by atoms with van der Waals surface area (Å²) in [5, 5.41) is 8.22. The summed E-state index contributed by atoms with van der Waals surface area (Å²) in [4.78, 5) is 6.65. The van der Waals surface area contributed by atoms with E-state index in [1.807, 2.05) is 0 Å². The first-order valence-electron chi connectivity index (χ1n) is 6.96. The van der Waals surface area contributed by atoms with Crippen LogP contribution in [0.2, 0.25) is 0 Å². The molecule has 3 rings (SSSR count). The van der Waals surface area contributed by atoms with Crippen molar-refractivity contribution in [3.63, 3.8) is 0 Å². The van der Waals surface area contributed by atoms with Gasteiger partial charge in [-0.25, -0.2) is 32.3 Å². The second-order valence-corrected chi connectivity index (χ2v) is 6.76. The molecule has 13 heteroatoms. The Balaban J connectivity index is 2.19. The quantitative estimate of drug-likeness (QED) is 0.674.